The van der Waals surface area contributed by atoms with E-state index in [1.165, 1.54) is 18.9 Å². The Balaban J connectivity index is 1.66. The molecule has 0 aliphatic carbocycles. The molecule has 0 saturated carbocycles. The van der Waals surface area contributed by atoms with Gasteiger partial charge < -0.3 is 19.2 Å². The normalized spacial score (nSPS) is 10.8. The summed E-state index contributed by atoms with van der Waals surface area (Å²) in [6.45, 7) is 2.88. The monoisotopic (exact) mass is 430 g/mol. The van der Waals surface area contributed by atoms with Crippen molar-refractivity contribution < 1.29 is 23.5 Å². The summed E-state index contributed by atoms with van der Waals surface area (Å²) in [6.07, 6.45) is 1.60. The first-order chi connectivity index (χ1) is 14.5. The van der Waals surface area contributed by atoms with Gasteiger partial charge in [0.25, 0.3) is 0 Å². The lowest BCUT2D eigenvalue weighted by Crippen LogP contribution is -2.15. The molecule has 1 aromatic carbocycles. The van der Waals surface area contributed by atoms with Crippen LogP contribution in [0.15, 0.2) is 46.2 Å². The van der Waals surface area contributed by atoms with Gasteiger partial charge in [0.1, 0.15) is 5.76 Å². The fraction of sp³-hybridized carbons (Fsp3) is 0.300. The second kappa shape index (κ2) is 10.1. The number of carbonyl (C=O) groups is 2. The van der Waals surface area contributed by atoms with Crippen molar-refractivity contribution >= 4 is 29.3 Å². The van der Waals surface area contributed by atoms with Gasteiger partial charge in [-0.1, -0.05) is 11.8 Å². The van der Waals surface area contributed by atoms with Gasteiger partial charge >= 0.3 is 5.97 Å². The molecule has 0 aliphatic rings. The molecule has 1 amide bonds. The van der Waals surface area contributed by atoms with Crippen LogP contribution in [0.4, 0.5) is 5.69 Å². The summed E-state index contributed by atoms with van der Waals surface area (Å²) in [6, 6.07) is 8.32. The maximum atomic E-state index is 12.4. The number of ether oxygens (including phenoxy) is 2. The number of hydrogen-bond donors (Lipinski definition) is 1. The summed E-state index contributed by atoms with van der Waals surface area (Å²) in [7, 11) is 2.94. The van der Waals surface area contributed by atoms with Crippen molar-refractivity contribution in [2.45, 2.75) is 18.6 Å². The summed E-state index contributed by atoms with van der Waals surface area (Å²) in [5, 5.41) is 11.9. The van der Waals surface area contributed by atoms with E-state index in [-0.39, 0.29) is 11.7 Å². The van der Waals surface area contributed by atoms with Crippen LogP contribution in [0.5, 0.6) is 0 Å². The zero-order valence-electron chi connectivity index (χ0n) is 16.9. The number of rotatable bonds is 9. The van der Waals surface area contributed by atoms with Crippen LogP contribution in [-0.2, 0) is 20.8 Å². The van der Waals surface area contributed by atoms with Crippen LogP contribution < -0.4 is 5.32 Å². The number of aryl methyl sites for hydroxylation is 1. The fourth-order valence-corrected chi connectivity index (χ4v) is 3.49. The van der Waals surface area contributed by atoms with Crippen molar-refractivity contribution in [3.8, 4) is 11.4 Å². The van der Waals surface area contributed by atoms with E-state index in [9.17, 15) is 9.59 Å². The van der Waals surface area contributed by atoms with Crippen LogP contribution in [0.25, 0.3) is 11.4 Å². The Kier molecular flexibility index (Phi) is 7.26. The van der Waals surface area contributed by atoms with Gasteiger partial charge in [0.15, 0.2) is 11.0 Å². The number of amides is 1. The molecule has 0 fully saturated rings. The quantitative estimate of drug-likeness (QED) is 0.408. The Morgan fingerprint density at radius 1 is 1.17 bits per heavy atom. The highest BCUT2D eigenvalue weighted by Gasteiger charge is 2.18. The standard InChI is InChI=1S/C20H22N4O5S/c1-13-16(8-10-29-13)18-22-23-20(24(18)9-11-27-2)30-12-17(25)21-15-6-4-14(5-7-15)19(26)28-3/h4-8,10H,9,11-12H2,1-3H3,(H,21,25). The van der Waals surface area contributed by atoms with Crippen molar-refractivity contribution in [3.63, 3.8) is 0 Å². The first-order valence-electron chi connectivity index (χ1n) is 9.11. The molecule has 3 rings (SSSR count). The molecule has 3 aromatic rings. The van der Waals surface area contributed by atoms with Crippen LogP contribution in [0.1, 0.15) is 16.1 Å². The number of carbonyl (C=O) groups excluding carboxylic acids is 2. The molecule has 0 atom stereocenters. The van der Waals surface area contributed by atoms with Gasteiger partial charge in [0, 0.05) is 12.8 Å². The van der Waals surface area contributed by atoms with Crippen LogP contribution in [0.3, 0.4) is 0 Å². The van der Waals surface area contributed by atoms with Gasteiger partial charge in [-0.25, -0.2) is 4.79 Å². The molecule has 0 bridgehead atoms. The molecule has 9 nitrogen and oxygen atoms in total. The number of methoxy groups -OCH3 is 2. The summed E-state index contributed by atoms with van der Waals surface area (Å²) < 4.78 is 17.1. The smallest absolute Gasteiger partial charge is 0.337 e. The molecule has 10 heteroatoms. The Morgan fingerprint density at radius 3 is 2.57 bits per heavy atom. The summed E-state index contributed by atoms with van der Waals surface area (Å²) in [5.74, 6) is 0.926. The predicted octanol–water partition coefficient (Wildman–Crippen LogP) is 3.01. The first kappa shape index (κ1) is 21.6. The fourth-order valence-electron chi connectivity index (χ4n) is 2.73. The van der Waals surface area contributed by atoms with Gasteiger partial charge in [-0.2, -0.15) is 0 Å². The van der Waals surface area contributed by atoms with Crippen LogP contribution in [-0.4, -0.2) is 53.2 Å². The lowest BCUT2D eigenvalue weighted by Gasteiger charge is -2.09. The maximum Gasteiger partial charge on any atom is 0.337 e. The van der Waals surface area contributed by atoms with Crippen LogP contribution >= 0.6 is 11.8 Å². The minimum absolute atomic E-state index is 0.147. The Labute approximate surface area is 177 Å². The molecule has 0 aliphatic heterocycles. The highest BCUT2D eigenvalue weighted by molar-refractivity contribution is 7.99. The minimum atomic E-state index is -0.428. The number of benzene rings is 1. The van der Waals surface area contributed by atoms with E-state index in [1.54, 1.807) is 37.6 Å². The van der Waals surface area contributed by atoms with E-state index in [2.05, 4.69) is 20.3 Å². The Hall–Kier alpha value is -3.11. The largest absolute Gasteiger partial charge is 0.469 e. The van der Waals surface area contributed by atoms with Gasteiger partial charge in [-0.15, -0.1) is 10.2 Å². The summed E-state index contributed by atoms with van der Waals surface area (Å²) in [5.41, 5.74) is 1.85. The average Bonchev–Trinajstić information content (AvgIpc) is 3.35. The van der Waals surface area contributed by atoms with Crippen molar-refractivity contribution in [1.82, 2.24) is 14.8 Å². The molecule has 2 heterocycles. The SMILES string of the molecule is COCCn1c(SCC(=O)Nc2ccc(C(=O)OC)cc2)nnc1-c1ccoc1C. The van der Waals surface area contributed by atoms with Crippen LogP contribution in [0, 0.1) is 6.92 Å². The number of nitrogens with one attached hydrogen (secondary N) is 1. The molecule has 158 valence electrons. The van der Waals surface area contributed by atoms with Gasteiger partial charge in [0.2, 0.25) is 5.91 Å². The Morgan fingerprint density at radius 2 is 1.93 bits per heavy atom. The zero-order chi connectivity index (χ0) is 21.5. The van der Waals surface area contributed by atoms with Crippen molar-refractivity contribution in [3.05, 3.63) is 47.9 Å². The summed E-state index contributed by atoms with van der Waals surface area (Å²) in [4.78, 5) is 23.8. The number of aromatic nitrogens is 3. The number of anilines is 1. The number of hydrogen-bond acceptors (Lipinski definition) is 8. The first-order valence-corrected chi connectivity index (χ1v) is 10.1. The molecule has 0 spiro atoms. The van der Waals surface area contributed by atoms with Crippen molar-refractivity contribution in [1.29, 1.82) is 0 Å². The molecule has 0 radical (unpaired) electrons. The van der Waals surface area contributed by atoms with E-state index < -0.39 is 5.97 Å². The highest BCUT2D eigenvalue weighted by Crippen LogP contribution is 2.27. The highest BCUT2D eigenvalue weighted by atomic mass is 32.2. The van der Waals surface area contributed by atoms with Gasteiger partial charge in [0.05, 0.1) is 43.4 Å². The topological polar surface area (TPSA) is 108 Å². The maximum absolute atomic E-state index is 12.4. The van der Waals surface area contributed by atoms with E-state index in [1.807, 2.05) is 17.6 Å². The zero-order valence-corrected chi connectivity index (χ0v) is 17.7. The lowest BCUT2D eigenvalue weighted by molar-refractivity contribution is -0.113. The number of thioether (sulfide) groups is 1. The van der Waals surface area contributed by atoms with Crippen LogP contribution in [0.2, 0.25) is 0 Å². The van der Waals surface area contributed by atoms with Gasteiger partial charge in [-0.3, -0.25) is 9.36 Å². The lowest BCUT2D eigenvalue weighted by atomic mass is 10.2. The molecule has 0 unspecified atom stereocenters. The molecule has 30 heavy (non-hydrogen) atoms. The van der Waals surface area contributed by atoms with E-state index in [4.69, 9.17) is 9.15 Å². The van der Waals surface area contributed by atoms with E-state index >= 15 is 0 Å². The van der Waals surface area contributed by atoms with Crippen molar-refractivity contribution in [2.24, 2.45) is 0 Å². The molecular weight excluding hydrogens is 408 g/mol. The number of furan rings is 1. The second-order valence-corrected chi connectivity index (χ2v) is 7.19. The molecule has 0 saturated heterocycles. The van der Waals surface area contributed by atoms with E-state index in [0.29, 0.717) is 35.4 Å². The number of nitrogens with zero attached hydrogens (tertiary/aromatic N) is 3. The average molecular weight is 430 g/mol. The number of esters is 1. The van der Waals surface area contributed by atoms with E-state index in [0.717, 1.165) is 11.3 Å². The predicted molar refractivity (Wildman–Crippen MR) is 111 cm³/mol. The molecule has 1 N–H and O–H groups in total. The molecule has 2 aromatic heterocycles. The minimum Gasteiger partial charge on any atom is -0.469 e. The second-order valence-electron chi connectivity index (χ2n) is 6.25. The molecular formula is C20H22N4O5S. The third-order valence-corrected chi connectivity index (χ3v) is 5.22. The van der Waals surface area contributed by atoms with Crippen molar-refractivity contribution in [2.75, 3.05) is 31.9 Å². The third-order valence-electron chi connectivity index (χ3n) is 4.26. The third kappa shape index (κ3) is 5.08. The Bertz CT molecular complexity index is 1010. The van der Waals surface area contributed by atoms with Gasteiger partial charge in [-0.05, 0) is 37.3 Å². The summed E-state index contributed by atoms with van der Waals surface area (Å²) >= 11 is 1.28.